The van der Waals surface area contributed by atoms with Crippen LogP contribution in [0.3, 0.4) is 0 Å². The summed E-state index contributed by atoms with van der Waals surface area (Å²) in [6.07, 6.45) is 0.877. The van der Waals surface area contributed by atoms with E-state index >= 15 is 0 Å². The third-order valence-corrected chi connectivity index (χ3v) is 2.48. The lowest BCUT2D eigenvalue weighted by molar-refractivity contribution is -0.112. The van der Waals surface area contributed by atoms with Crippen molar-refractivity contribution in [2.75, 3.05) is 18.6 Å². The molecule has 4 heteroatoms. The molecule has 0 radical (unpaired) electrons. The average molecular weight is 218 g/mol. The van der Waals surface area contributed by atoms with Gasteiger partial charge in [0.05, 0.1) is 5.69 Å². The zero-order valence-corrected chi connectivity index (χ0v) is 9.43. The lowest BCUT2D eigenvalue weighted by atomic mass is 10.1. The molecule has 0 aliphatic carbocycles. The monoisotopic (exact) mass is 218 g/mol. The van der Waals surface area contributed by atoms with Crippen molar-refractivity contribution in [3.63, 3.8) is 0 Å². The third kappa shape index (κ3) is 1.66. The van der Waals surface area contributed by atoms with Crippen LogP contribution in [-0.4, -0.2) is 25.3 Å². The van der Waals surface area contributed by atoms with Crippen LogP contribution in [0.1, 0.15) is 18.9 Å². The first kappa shape index (κ1) is 10.7. The molecule has 1 aromatic carbocycles. The average Bonchev–Trinajstić information content (AvgIpc) is 2.55. The summed E-state index contributed by atoms with van der Waals surface area (Å²) in [5.74, 6) is -0.114. The summed E-state index contributed by atoms with van der Waals surface area (Å²) in [7, 11) is 1.74. The van der Waals surface area contributed by atoms with E-state index in [9.17, 15) is 4.79 Å². The number of carbonyl (C=O) groups excluding carboxylic acids is 1. The highest BCUT2D eigenvalue weighted by Crippen LogP contribution is 2.27. The third-order valence-electron chi connectivity index (χ3n) is 2.48. The van der Waals surface area contributed by atoms with Crippen LogP contribution in [0.2, 0.25) is 0 Å². The van der Waals surface area contributed by atoms with Crippen LogP contribution in [0, 0.1) is 0 Å². The van der Waals surface area contributed by atoms with Gasteiger partial charge in [-0.2, -0.15) is 0 Å². The largest absolute Gasteiger partial charge is 0.395 e. The van der Waals surface area contributed by atoms with Crippen molar-refractivity contribution < 1.29 is 9.63 Å². The van der Waals surface area contributed by atoms with Crippen molar-refractivity contribution >= 4 is 17.3 Å². The molecule has 84 valence electrons. The Labute approximate surface area is 94.5 Å². The molecule has 0 unspecified atom stereocenters. The highest BCUT2D eigenvalue weighted by atomic mass is 16.6. The Morgan fingerprint density at radius 1 is 1.38 bits per heavy atom. The maximum absolute atomic E-state index is 11.9. The number of benzene rings is 1. The van der Waals surface area contributed by atoms with E-state index in [0.29, 0.717) is 12.3 Å². The number of para-hydroxylation sites is 1. The number of amides is 1. The first-order chi connectivity index (χ1) is 7.75. The topological polar surface area (TPSA) is 41.9 Å². The summed E-state index contributed by atoms with van der Waals surface area (Å²) in [5, 5.41) is 3.91. The summed E-state index contributed by atoms with van der Waals surface area (Å²) in [6.45, 7) is 2.53. The molecule has 0 N–H and O–H groups in total. The van der Waals surface area contributed by atoms with Crippen LogP contribution in [0.25, 0.3) is 0 Å². The van der Waals surface area contributed by atoms with Gasteiger partial charge in [0.1, 0.15) is 6.61 Å². The van der Waals surface area contributed by atoms with Gasteiger partial charge < -0.3 is 9.74 Å². The number of oxime groups is 1. The molecule has 0 saturated heterocycles. The predicted molar refractivity (Wildman–Crippen MR) is 62.6 cm³/mol. The van der Waals surface area contributed by atoms with Gasteiger partial charge in [0.15, 0.2) is 5.71 Å². The number of fused-ring (bicyclic) bond motifs is 1. The summed E-state index contributed by atoms with van der Waals surface area (Å²) in [6, 6.07) is 7.57. The van der Waals surface area contributed by atoms with E-state index in [1.165, 1.54) is 0 Å². The standard InChI is InChI=1S/C12H14N2O2/c1-3-8-16-13-11-9-6-4-5-7-10(9)14(2)12(11)15/h4-7H,3,8H2,1-2H3/b13-11+. The minimum atomic E-state index is -0.114. The van der Waals surface area contributed by atoms with Gasteiger partial charge in [-0.25, -0.2) is 0 Å². The molecule has 16 heavy (non-hydrogen) atoms. The van der Waals surface area contributed by atoms with E-state index in [2.05, 4.69) is 5.16 Å². The molecule has 1 amide bonds. The number of hydrogen-bond acceptors (Lipinski definition) is 3. The summed E-state index contributed by atoms with van der Waals surface area (Å²) < 4.78 is 0. The van der Waals surface area contributed by atoms with Crippen molar-refractivity contribution in [2.45, 2.75) is 13.3 Å². The van der Waals surface area contributed by atoms with E-state index < -0.39 is 0 Å². The molecule has 1 aliphatic heterocycles. The van der Waals surface area contributed by atoms with Crippen molar-refractivity contribution in [1.29, 1.82) is 0 Å². The number of rotatable bonds is 3. The summed E-state index contributed by atoms with van der Waals surface area (Å²) in [5.41, 5.74) is 2.11. The van der Waals surface area contributed by atoms with Crippen molar-refractivity contribution in [3.05, 3.63) is 29.8 Å². The number of nitrogens with zero attached hydrogens (tertiary/aromatic N) is 2. The second-order valence-corrected chi connectivity index (χ2v) is 3.65. The van der Waals surface area contributed by atoms with E-state index in [1.54, 1.807) is 11.9 Å². The fourth-order valence-corrected chi connectivity index (χ4v) is 1.64. The van der Waals surface area contributed by atoms with Gasteiger partial charge >= 0.3 is 0 Å². The van der Waals surface area contributed by atoms with Crippen LogP contribution in [0.15, 0.2) is 29.4 Å². The van der Waals surface area contributed by atoms with Gasteiger partial charge in [-0.05, 0) is 12.5 Å². The Kier molecular flexibility index (Phi) is 2.90. The molecule has 1 aliphatic rings. The van der Waals surface area contributed by atoms with E-state index in [1.807, 2.05) is 31.2 Å². The highest BCUT2D eigenvalue weighted by Gasteiger charge is 2.31. The van der Waals surface area contributed by atoms with Crippen LogP contribution in [0.4, 0.5) is 5.69 Å². The molecule has 0 saturated carbocycles. The van der Waals surface area contributed by atoms with Crippen LogP contribution < -0.4 is 4.90 Å². The lowest BCUT2D eigenvalue weighted by Crippen LogP contribution is -2.25. The maximum atomic E-state index is 11.9. The van der Waals surface area contributed by atoms with Gasteiger partial charge in [0.2, 0.25) is 0 Å². The summed E-state index contributed by atoms with van der Waals surface area (Å²) in [4.78, 5) is 18.5. The molecule has 2 rings (SSSR count). The molecule has 0 spiro atoms. The van der Waals surface area contributed by atoms with E-state index in [-0.39, 0.29) is 5.91 Å². The molecular formula is C12H14N2O2. The minimum Gasteiger partial charge on any atom is -0.395 e. The van der Waals surface area contributed by atoms with Crippen LogP contribution >= 0.6 is 0 Å². The normalized spacial score (nSPS) is 16.8. The second-order valence-electron chi connectivity index (χ2n) is 3.65. The number of anilines is 1. The highest BCUT2D eigenvalue weighted by molar-refractivity contribution is 6.54. The van der Waals surface area contributed by atoms with Gasteiger partial charge in [-0.15, -0.1) is 0 Å². The second kappa shape index (κ2) is 4.35. The predicted octanol–water partition coefficient (Wildman–Crippen LogP) is 1.79. The Balaban J connectivity index is 2.34. The molecule has 4 nitrogen and oxygen atoms in total. The quantitative estimate of drug-likeness (QED) is 0.573. The van der Waals surface area contributed by atoms with Crippen LogP contribution in [0.5, 0.6) is 0 Å². The lowest BCUT2D eigenvalue weighted by Gasteiger charge is -2.07. The first-order valence-electron chi connectivity index (χ1n) is 5.33. The number of carbonyl (C=O) groups is 1. The fourth-order valence-electron chi connectivity index (χ4n) is 1.64. The zero-order valence-electron chi connectivity index (χ0n) is 9.43. The van der Waals surface area contributed by atoms with Crippen LogP contribution in [-0.2, 0) is 9.63 Å². The van der Waals surface area contributed by atoms with Gasteiger partial charge in [0.25, 0.3) is 5.91 Å². The smallest absolute Gasteiger partial charge is 0.280 e. The molecule has 0 bridgehead atoms. The Bertz CT molecular complexity index is 440. The van der Waals surface area contributed by atoms with Crippen molar-refractivity contribution in [1.82, 2.24) is 0 Å². The molecule has 0 aromatic heterocycles. The zero-order chi connectivity index (χ0) is 11.5. The summed E-state index contributed by atoms with van der Waals surface area (Å²) >= 11 is 0. The molecule has 0 fully saturated rings. The minimum absolute atomic E-state index is 0.114. The van der Waals surface area contributed by atoms with Gasteiger partial charge in [-0.3, -0.25) is 4.79 Å². The molecule has 1 heterocycles. The van der Waals surface area contributed by atoms with Gasteiger partial charge in [-0.1, -0.05) is 30.3 Å². The first-order valence-corrected chi connectivity index (χ1v) is 5.33. The van der Waals surface area contributed by atoms with Gasteiger partial charge in [0, 0.05) is 12.6 Å². The fraction of sp³-hybridized carbons (Fsp3) is 0.333. The number of likely N-dealkylation sites (N-methyl/N-ethyl adjacent to an activating group) is 1. The maximum Gasteiger partial charge on any atom is 0.280 e. The van der Waals surface area contributed by atoms with E-state index in [4.69, 9.17) is 4.84 Å². The number of hydrogen-bond donors (Lipinski definition) is 0. The van der Waals surface area contributed by atoms with E-state index in [0.717, 1.165) is 17.7 Å². The Morgan fingerprint density at radius 3 is 2.88 bits per heavy atom. The van der Waals surface area contributed by atoms with Crippen molar-refractivity contribution in [3.8, 4) is 0 Å². The molecule has 0 atom stereocenters. The molecule has 1 aromatic rings. The Morgan fingerprint density at radius 2 is 2.12 bits per heavy atom. The molecular weight excluding hydrogens is 204 g/mol. The Hall–Kier alpha value is -1.84. The van der Waals surface area contributed by atoms with Crippen molar-refractivity contribution in [2.24, 2.45) is 5.16 Å². The SMILES string of the molecule is CCCO/N=C1/C(=O)N(C)c2ccccc21.